The zero-order valence-electron chi connectivity index (χ0n) is 25.3. The molecule has 0 N–H and O–H groups in total. The van der Waals surface area contributed by atoms with Crippen LogP contribution in [0.4, 0.5) is 0 Å². The van der Waals surface area contributed by atoms with Gasteiger partial charge in [-0.05, 0) is 38.5 Å². The Hall–Kier alpha value is -2.19. The lowest BCUT2D eigenvalue weighted by Gasteiger charge is -2.34. The third kappa shape index (κ3) is 22.3. The molecule has 0 heterocycles. The van der Waals surface area contributed by atoms with Crippen molar-refractivity contribution in [3.8, 4) is 0 Å². The third-order valence-corrected chi connectivity index (χ3v) is 6.40. The summed E-state index contributed by atoms with van der Waals surface area (Å²) in [4.78, 5) is 35.3. The molecule has 0 aliphatic carbocycles. The molecular weight excluding hydrogens is 498 g/mol. The van der Waals surface area contributed by atoms with Gasteiger partial charge >= 0.3 is 11.9 Å². The van der Waals surface area contributed by atoms with Gasteiger partial charge in [-0.25, -0.2) is 0 Å². The largest absolute Gasteiger partial charge is 0.544 e. The maximum absolute atomic E-state index is 12.3. The quantitative estimate of drug-likeness (QED) is 0.0686. The predicted octanol–water partition coefficient (Wildman–Crippen LogP) is 4.90. The van der Waals surface area contributed by atoms with Crippen LogP contribution in [0.1, 0.15) is 104 Å². The van der Waals surface area contributed by atoms with Crippen LogP contribution >= 0.6 is 0 Å². The van der Waals surface area contributed by atoms with Gasteiger partial charge in [0.25, 0.3) is 0 Å². The lowest BCUT2D eigenvalue weighted by Crippen LogP contribution is -2.55. The highest BCUT2D eigenvalue weighted by Gasteiger charge is 2.25. The molecule has 0 aromatic rings. The number of aliphatic carboxylic acids is 1. The molecule has 0 aromatic carbocycles. The molecule has 0 rings (SSSR count). The van der Waals surface area contributed by atoms with Crippen LogP contribution < -0.4 is 5.11 Å². The first-order valence-electron chi connectivity index (χ1n) is 14.9. The van der Waals surface area contributed by atoms with Crippen molar-refractivity contribution in [3.63, 3.8) is 0 Å². The molecule has 39 heavy (non-hydrogen) atoms. The third-order valence-electron chi connectivity index (χ3n) is 6.40. The minimum Gasteiger partial charge on any atom is -0.544 e. The van der Waals surface area contributed by atoms with Crippen molar-refractivity contribution in [2.24, 2.45) is 0 Å². The summed E-state index contributed by atoms with van der Waals surface area (Å²) in [6.07, 6.45) is 21.3. The number of rotatable bonds is 25. The second-order valence-corrected chi connectivity index (χ2v) is 10.9. The minimum absolute atomic E-state index is 0.0296. The van der Waals surface area contributed by atoms with E-state index >= 15 is 0 Å². The fraction of sp³-hybridized carbons (Fsp3) is 0.774. The van der Waals surface area contributed by atoms with Gasteiger partial charge in [-0.1, -0.05) is 70.3 Å². The molecule has 8 nitrogen and oxygen atoms in total. The molecule has 8 heteroatoms. The number of quaternary nitrogens is 1. The Balaban J connectivity index is 4.16. The van der Waals surface area contributed by atoms with Crippen molar-refractivity contribution in [2.75, 3.05) is 41.0 Å². The summed E-state index contributed by atoms with van der Waals surface area (Å²) in [5, 5.41) is 11.4. The molecule has 0 saturated carbocycles. The predicted molar refractivity (Wildman–Crippen MR) is 153 cm³/mol. The number of carboxylic acid groups (broad SMARTS) is 1. The number of carbonyl (C=O) groups excluding carboxylic acids is 3. The van der Waals surface area contributed by atoms with Crippen molar-refractivity contribution < 1.29 is 38.2 Å². The Morgan fingerprint density at radius 3 is 2.00 bits per heavy atom. The molecule has 2 unspecified atom stereocenters. The molecule has 0 radical (unpaired) electrons. The van der Waals surface area contributed by atoms with Crippen LogP contribution in [0.5, 0.6) is 0 Å². The molecule has 0 fully saturated rings. The first kappa shape index (κ1) is 36.8. The average molecular weight is 554 g/mol. The highest BCUT2D eigenvalue weighted by atomic mass is 16.6. The van der Waals surface area contributed by atoms with Crippen LogP contribution in [0.25, 0.3) is 0 Å². The molecule has 0 aliphatic heterocycles. The summed E-state index contributed by atoms with van der Waals surface area (Å²) < 4.78 is 16.4. The van der Waals surface area contributed by atoms with Gasteiger partial charge in [0.1, 0.15) is 12.6 Å². The van der Waals surface area contributed by atoms with E-state index in [0.29, 0.717) is 6.42 Å². The minimum atomic E-state index is -1.14. The number of carboxylic acids is 1. The highest BCUT2D eigenvalue weighted by Crippen LogP contribution is 2.11. The normalized spacial score (nSPS) is 13.6. The average Bonchev–Trinajstić information content (AvgIpc) is 2.87. The second kappa shape index (κ2) is 23.7. The van der Waals surface area contributed by atoms with Crippen molar-refractivity contribution in [2.45, 2.75) is 116 Å². The van der Waals surface area contributed by atoms with E-state index in [2.05, 4.69) is 31.2 Å². The topological polar surface area (TPSA) is 102 Å². The Bertz CT molecular complexity index is 712. The second-order valence-electron chi connectivity index (χ2n) is 10.9. The first-order valence-corrected chi connectivity index (χ1v) is 14.9. The summed E-state index contributed by atoms with van der Waals surface area (Å²) in [6, 6.07) is -0.720. The zero-order chi connectivity index (χ0) is 29.4. The maximum Gasteiger partial charge on any atom is 0.306 e. The number of hydrogen-bond donors (Lipinski definition) is 0. The van der Waals surface area contributed by atoms with E-state index in [0.717, 1.165) is 44.9 Å². The highest BCUT2D eigenvalue weighted by molar-refractivity contribution is 5.70. The zero-order valence-corrected chi connectivity index (χ0v) is 25.3. The van der Waals surface area contributed by atoms with E-state index in [1.807, 2.05) is 0 Å². The Labute approximate surface area is 237 Å². The summed E-state index contributed by atoms with van der Waals surface area (Å²) in [5.74, 6) is -1.86. The van der Waals surface area contributed by atoms with Gasteiger partial charge in [0.05, 0.1) is 40.3 Å². The van der Waals surface area contributed by atoms with Crippen LogP contribution in [0.3, 0.4) is 0 Å². The summed E-state index contributed by atoms with van der Waals surface area (Å²) in [7, 11) is 5.34. The van der Waals surface area contributed by atoms with Crippen LogP contribution in [-0.4, -0.2) is 75.5 Å². The van der Waals surface area contributed by atoms with E-state index in [1.165, 1.54) is 25.7 Å². The number of allylic oxidation sites excluding steroid dienone is 4. The van der Waals surface area contributed by atoms with Crippen LogP contribution in [0.2, 0.25) is 0 Å². The number of esters is 2. The summed E-state index contributed by atoms with van der Waals surface area (Å²) in [5.41, 5.74) is 0. The fourth-order valence-corrected chi connectivity index (χ4v) is 3.96. The van der Waals surface area contributed by atoms with E-state index in [-0.39, 0.29) is 49.1 Å². The molecule has 0 aliphatic rings. The first-order chi connectivity index (χ1) is 18.6. The van der Waals surface area contributed by atoms with Crippen LogP contribution in [0, 0.1) is 0 Å². The van der Waals surface area contributed by atoms with Gasteiger partial charge in [-0.2, -0.15) is 0 Å². The van der Waals surface area contributed by atoms with E-state index in [1.54, 1.807) is 28.1 Å². The van der Waals surface area contributed by atoms with Crippen LogP contribution in [0.15, 0.2) is 24.3 Å². The van der Waals surface area contributed by atoms with Gasteiger partial charge in [0.15, 0.2) is 6.10 Å². The molecule has 0 bridgehead atoms. The number of hydrogen-bond acceptors (Lipinski definition) is 7. The van der Waals surface area contributed by atoms with Gasteiger partial charge < -0.3 is 28.6 Å². The number of nitrogens with zero attached hydrogens (tertiary/aromatic N) is 1. The number of unbranched alkanes of at least 4 members (excludes halogenated alkanes) is 8. The molecule has 0 spiro atoms. The Morgan fingerprint density at radius 2 is 1.41 bits per heavy atom. The Kier molecular flexibility index (Phi) is 22.3. The molecule has 2 atom stereocenters. The molecule has 0 aromatic heterocycles. The standard InChI is InChI=1S/C31H55NO7/c1-6-8-9-10-11-12-13-14-15-16-17-18-19-20-21-22-30(34)39-27(26-38-29(33)7-2)25-37-24-23-28(31(35)36)32(3,4)5/h11-12,14-15,27-28H,6-10,13,16-26H2,1-5H3/b12-11-,15-14-. The molecular formula is C31H55NO7. The Morgan fingerprint density at radius 1 is 0.795 bits per heavy atom. The number of ether oxygens (including phenoxy) is 3. The molecule has 0 saturated heterocycles. The van der Waals surface area contributed by atoms with Gasteiger partial charge in [0.2, 0.25) is 0 Å². The maximum atomic E-state index is 12.3. The monoisotopic (exact) mass is 553 g/mol. The van der Waals surface area contributed by atoms with E-state index in [9.17, 15) is 19.5 Å². The van der Waals surface area contributed by atoms with E-state index in [4.69, 9.17) is 14.2 Å². The lowest BCUT2D eigenvalue weighted by atomic mass is 10.1. The smallest absolute Gasteiger partial charge is 0.306 e. The summed E-state index contributed by atoms with van der Waals surface area (Å²) >= 11 is 0. The van der Waals surface area contributed by atoms with Crippen LogP contribution in [-0.2, 0) is 28.6 Å². The van der Waals surface area contributed by atoms with Crippen molar-refractivity contribution in [3.05, 3.63) is 24.3 Å². The van der Waals surface area contributed by atoms with Gasteiger partial charge in [-0.3, -0.25) is 9.59 Å². The SMILES string of the molecule is CCCCC/C=C\C/C=C\CCCCCCCC(=O)OC(COCCC(C(=O)[O-])[N+](C)(C)C)COC(=O)CC. The molecule has 0 amide bonds. The van der Waals surface area contributed by atoms with Crippen molar-refractivity contribution in [1.82, 2.24) is 0 Å². The molecule has 226 valence electrons. The summed E-state index contributed by atoms with van der Waals surface area (Å²) in [6.45, 7) is 4.02. The van der Waals surface area contributed by atoms with Gasteiger partial charge in [0, 0.05) is 19.3 Å². The van der Waals surface area contributed by atoms with Crippen molar-refractivity contribution >= 4 is 17.9 Å². The lowest BCUT2D eigenvalue weighted by molar-refractivity contribution is -0.889. The van der Waals surface area contributed by atoms with Crippen molar-refractivity contribution in [1.29, 1.82) is 0 Å². The van der Waals surface area contributed by atoms with Gasteiger partial charge in [-0.15, -0.1) is 0 Å². The number of carbonyl (C=O) groups is 3. The van der Waals surface area contributed by atoms with E-state index < -0.39 is 18.1 Å². The number of likely N-dealkylation sites (N-methyl/N-ethyl adjacent to an activating group) is 1. The fourth-order valence-electron chi connectivity index (χ4n) is 3.96.